The van der Waals surface area contributed by atoms with Gasteiger partial charge in [0, 0.05) is 38.6 Å². The summed E-state index contributed by atoms with van der Waals surface area (Å²) in [5, 5.41) is 5.51. The van der Waals surface area contributed by atoms with Crippen molar-refractivity contribution in [1.82, 2.24) is 15.2 Å². The van der Waals surface area contributed by atoms with Crippen LogP contribution in [0.2, 0.25) is 0 Å². The molecular formula is C28H30FN3O4. The zero-order chi connectivity index (χ0) is 25.5. The molecule has 1 unspecified atom stereocenters. The summed E-state index contributed by atoms with van der Waals surface area (Å²) in [5.74, 6) is -1.47. The molecular weight excluding hydrogens is 461 g/mol. The number of hydrogen-bond donors (Lipinski definition) is 2. The lowest BCUT2D eigenvalue weighted by atomic mass is 10.1. The van der Waals surface area contributed by atoms with Gasteiger partial charge in [-0.05, 0) is 49.4 Å². The second kappa shape index (κ2) is 11.8. The van der Waals surface area contributed by atoms with Crippen LogP contribution in [0, 0.1) is 12.7 Å². The second-order valence-corrected chi connectivity index (χ2v) is 9.05. The zero-order valence-corrected chi connectivity index (χ0v) is 20.3. The summed E-state index contributed by atoms with van der Waals surface area (Å²) >= 11 is 0. The fourth-order valence-electron chi connectivity index (χ4n) is 4.29. The summed E-state index contributed by atoms with van der Waals surface area (Å²) < 4.78 is 20.8. The number of nitrogens with zero attached hydrogens (tertiary/aromatic N) is 1. The molecule has 2 amide bonds. The van der Waals surface area contributed by atoms with Gasteiger partial charge in [-0.1, -0.05) is 42.0 Å². The normalized spacial score (nSPS) is 15.0. The Labute approximate surface area is 209 Å². The van der Waals surface area contributed by atoms with Crippen molar-refractivity contribution in [3.63, 3.8) is 0 Å². The number of rotatable bonds is 9. The van der Waals surface area contributed by atoms with Crippen LogP contribution in [0.15, 0.2) is 65.7 Å². The van der Waals surface area contributed by atoms with Crippen LogP contribution in [0.3, 0.4) is 0 Å². The quantitative estimate of drug-likeness (QED) is 0.480. The van der Waals surface area contributed by atoms with Gasteiger partial charge in [0.1, 0.15) is 16.9 Å². The minimum atomic E-state index is -0.636. The predicted octanol–water partition coefficient (Wildman–Crippen LogP) is 3.38. The molecule has 8 heteroatoms. The summed E-state index contributed by atoms with van der Waals surface area (Å²) in [6, 6.07) is 13.8. The van der Waals surface area contributed by atoms with Crippen LogP contribution in [-0.2, 0) is 24.2 Å². The van der Waals surface area contributed by atoms with Gasteiger partial charge in [0.2, 0.25) is 5.43 Å². The molecule has 2 heterocycles. The number of carbonyl (C=O) groups excluding carboxylic acids is 2. The number of carbonyl (C=O) groups is 2. The largest absolute Gasteiger partial charge is 0.376 e. The molecule has 188 valence electrons. The third-order valence-corrected chi connectivity index (χ3v) is 6.13. The minimum absolute atomic E-state index is 0.0420. The van der Waals surface area contributed by atoms with Crippen LogP contribution in [0.25, 0.3) is 0 Å². The van der Waals surface area contributed by atoms with Crippen LogP contribution in [0.5, 0.6) is 0 Å². The van der Waals surface area contributed by atoms with E-state index in [1.807, 2.05) is 31.2 Å². The molecule has 3 aromatic rings. The zero-order valence-electron chi connectivity index (χ0n) is 20.3. The summed E-state index contributed by atoms with van der Waals surface area (Å²) in [6.07, 6.45) is 5.14. The lowest BCUT2D eigenvalue weighted by Crippen LogP contribution is -2.36. The van der Waals surface area contributed by atoms with E-state index in [1.165, 1.54) is 24.5 Å². The summed E-state index contributed by atoms with van der Waals surface area (Å²) in [6.45, 7) is 3.54. The number of hydrogen-bond acceptors (Lipinski definition) is 4. The highest BCUT2D eigenvalue weighted by molar-refractivity contribution is 5.99. The average molecular weight is 492 g/mol. The van der Waals surface area contributed by atoms with Gasteiger partial charge in [-0.25, -0.2) is 4.39 Å². The fraction of sp³-hybridized carbons (Fsp3) is 0.321. The van der Waals surface area contributed by atoms with Crippen LogP contribution in [0.1, 0.15) is 50.2 Å². The van der Waals surface area contributed by atoms with Crippen molar-refractivity contribution >= 4 is 11.8 Å². The first-order valence-electron chi connectivity index (χ1n) is 12.1. The van der Waals surface area contributed by atoms with Crippen molar-refractivity contribution in [2.24, 2.45) is 0 Å². The number of ether oxygens (including phenoxy) is 1. The van der Waals surface area contributed by atoms with E-state index in [1.54, 1.807) is 16.7 Å². The van der Waals surface area contributed by atoms with Crippen molar-refractivity contribution in [3.05, 3.63) is 105 Å². The van der Waals surface area contributed by atoms with Crippen LogP contribution in [-0.4, -0.2) is 35.6 Å². The lowest BCUT2D eigenvalue weighted by Gasteiger charge is -2.16. The molecule has 2 aromatic carbocycles. The standard InChI is InChI=1S/C28H30FN3O4/c1-19-5-2-7-21(13-19)15-31-28(35)25-18-32(16-23-9-4-12-36-23)17-24(26(25)33)27(34)30-11-10-20-6-3-8-22(29)14-20/h2-3,5-8,13-14,17-18,23H,4,9-12,15-16H2,1H3,(H,30,34)(H,31,35). The minimum Gasteiger partial charge on any atom is -0.376 e. The van der Waals surface area contributed by atoms with E-state index < -0.39 is 17.2 Å². The lowest BCUT2D eigenvalue weighted by molar-refractivity contribution is 0.0925. The molecule has 36 heavy (non-hydrogen) atoms. The molecule has 0 bridgehead atoms. The van der Waals surface area contributed by atoms with E-state index in [0.717, 1.165) is 29.5 Å². The Balaban J connectivity index is 1.51. The number of aryl methyl sites for hydroxylation is 1. The van der Waals surface area contributed by atoms with Gasteiger partial charge in [0.25, 0.3) is 11.8 Å². The monoisotopic (exact) mass is 491 g/mol. The molecule has 1 fully saturated rings. The number of amides is 2. The highest BCUT2D eigenvalue weighted by atomic mass is 19.1. The number of benzene rings is 2. The van der Waals surface area contributed by atoms with E-state index >= 15 is 0 Å². The van der Waals surface area contributed by atoms with E-state index in [9.17, 15) is 18.8 Å². The maximum Gasteiger partial charge on any atom is 0.257 e. The van der Waals surface area contributed by atoms with Gasteiger partial charge in [0.05, 0.1) is 6.10 Å². The van der Waals surface area contributed by atoms with Gasteiger partial charge < -0.3 is 19.9 Å². The molecule has 1 saturated heterocycles. The molecule has 0 spiro atoms. The van der Waals surface area contributed by atoms with Crippen LogP contribution >= 0.6 is 0 Å². The molecule has 2 N–H and O–H groups in total. The molecule has 4 rings (SSSR count). The van der Waals surface area contributed by atoms with E-state index in [0.29, 0.717) is 19.6 Å². The van der Waals surface area contributed by atoms with Gasteiger partial charge in [0.15, 0.2) is 0 Å². The third kappa shape index (κ3) is 6.66. The third-order valence-electron chi connectivity index (χ3n) is 6.13. The molecule has 1 atom stereocenters. The molecule has 0 radical (unpaired) electrons. The van der Waals surface area contributed by atoms with E-state index in [2.05, 4.69) is 10.6 Å². The second-order valence-electron chi connectivity index (χ2n) is 9.05. The molecule has 0 saturated carbocycles. The molecule has 7 nitrogen and oxygen atoms in total. The molecule has 0 aliphatic carbocycles. The van der Waals surface area contributed by atoms with Crippen molar-refractivity contribution in [1.29, 1.82) is 0 Å². The fourth-order valence-corrected chi connectivity index (χ4v) is 4.29. The first kappa shape index (κ1) is 25.3. The predicted molar refractivity (Wildman–Crippen MR) is 134 cm³/mol. The first-order chi connectivity index (χ1) is 17.4. The summed E-state index contributed by atoms with van der Waals surface area (Å²) in [4.78, 5) is 39.1. The van der Waals surface area contributed by atoms with Gasteiger partial charge in [-0.3, -0.25) is 14.4 Å². The first-order valence-corrected chi connectivity index (χ1v) is 12.1. The van der Waals surface area contributed by atoms with Crippen LogP contribution in [0.4, 0.5) is 4.39 Å². The van der Waals surface area contributed by atoms with Crippen molar-refractivity contribution in [3.8, 4) is 0 Å². The Morgan fingerprint density at radius 1 is 1.03 bits per heavy atom. The Kier molecular flexibility index (Phi) is 8.28. The maximum atomic E-state index is 13.4. The van der Waals surface area contributed by atoms with Crippen molar-refractivity contribution in [2.45, 2.75) is 45.4 Å². The molecule has 1 aliphatic rings. The number of halogens is 1. The van der Waals surface area contributed by atoms with Gasteiger partial charge in [-0.2, -0.15) is 0 Å². The van der Waals surface area contributed by atoms with Crippen molar-refractivity contribution < 1.29 is 18.7 Å². The molecule has 1 aromatic heterocycles. The van der Waals surface area contributed by atoms with Gasteiger partial charge >= 0.3 is 0 Å². The Morgan fingerprint density at radius 3 is 2.44 bits per heavy atom. The smallest absolute Gasteiger partial charge is 0.257 e. The van der Waals surface area contributed by atoms with Gasteiger partial charge in [-0.15, -0.1) is 0 Å². The van der Waals surface area contributed by atoms with Crippen molar-refractivity contribution in [2.75, 3.05) is 13.2 Å². The number of pyridine rings is 1. The number of nitrogens with one attached hydrogen (secondary N) is 2. The SMILES string of the molecule is Cc1cccc(CNC(=O)c2cn(CC3CCCO3)cc(C(=O)NCCc3cccc(F)c3)c2=O)c1. The Morgan fingerprint density at radius 2 is 1.75 bits per heavy atom. The maximum absolute atomic E-state index is 13.4. The Hall–Kier alpha value is -3.78. The summed E-state index contributed by atoms with van der Waals surface area (Å²) in [7, 11) is 0. The topological polar surface area (TPSA) is 89.4 Å². The highest BCUT2D eigenvalue weighted by Gasteiger charge is 2.22. The molecule has 1 aliphatic heterocycles. The van der Waals surface area contributed by atoms with E-state index in [-0.39, 0.29) is 36.1 Å². The average Bonchev–Trinajstić information content (AvgIpc) is 3.36. The number of aromatic nitrogens is 1. The summed E-state index contributed by atoms with van der Waals surface area (Å²) in [5.41, 5.74) is 1.86. The Bertz CT molecular complexity index is 1300. The van der Waals surface area contributed by atoms with Crippen LogP contribution < -0.4 is 16.1 Å². The van der Waals surface area contributed by atoms with E-state index in [4.69, 9.17) is 4.74 Å². The highest BCUT2D eigenvalue weighted by Crippen LogP contribution is 2.14.